The van der Waals surface area contributed by atoms with Gasteiger partial charge in [-0.15, -0.1) is 0 Å². The molecule has 2 heterocycles. The average molecular weight is 321 g/mol. The van der Waals surface area contributed by atoms with Crippen molar-refractivity contribution in [2.24, 2.45) is 0 Å². The molecule has 1 aromatic rings. The van der Waals surface area contributed by atoms with E-state index in [0.29, 0.717) is 19.8 Å². The molecule has 126 valence electrons. The number of hydrogen-bond donors (Lipinski definition) is 0. The molecule has 0 saturated carbocycles. The number of nitrogens with zero attached hydrogens (tertiary/aromatic N) is 1. The summed E-state index contributed by atoms with van der Waals surface area (Å²) in [4.78, 5) is 14.7. The first-order valence-electron chi connectivity index (χ1n) is 7.96. The lowest BCUT2D eigenvalue weighted by Gasteiger charge is -2.31. The highest BCUT2D eigenvalue weighted by atomic mass is 16.6. The summed E-state index contributed by atoms with van der Waals surface area (Å²) in [6.45, 7) is 2.08. The molecule has 2 fully saturated rings. The fourth-order valence-electron chi connectivity index (χ4n) is 3.27. The lowest BCUT2D eigenvalue weighted by molar-refractivity contribution is -0.158. The van der Waals surface area contributed by atoms with E-state index in [4.69, 9.17) is 18.9 Å². The van der Waals surface area contributed by atoms with E-state index in [2.05, 4.69) is 0 Å². The van der Waals surface area contributed by atoms with E-state index in [1.54, 1.807) is 14.2 Å². The van der Waals surface area contributed by atoms with Crippen molar-refractivity contribution in [1.82, 2.24) is 4.90 Å². The van der Waals surface area contributed by atoms with E-state index in [0.717, 1.165) is 36.4 Å². The molecule has 1 aromatic carbocycles. The van der Waals surface area contributed by atoms with E-state index >= 15 is 0 Å². The molecule has 0 spiro atoms. The highest BCUT2D eigenvalue weighted by Crippen LogP contribution is 2.39. The molecular weight excluding hydrogens is 298 g/mol. The van der Waals surface area contributed by atoms with Crippen LogP contribution in [0.25, 0.3) is 0 Å². The van der Waals surface area contributed by atoms with Crippen LogP contribution < -0.4 is 9.47 Å². The third kappa shape index (κ3) is 3.28. The van der Waals surface area contributed by atoms with Gasteiger partial charge in [0.2, 0.25) is 0 Å². The van der Waals surface area contributed by atoms with E-state index in [1.807, 2.05) is 23.1 Å². The minimum absolute atomic E-state index is 0.00271. The van der Waals surface area contributed by atoms with Gasteiger partial charge >= 0.3 is 0 Å². The Labute approximate surface area is 136 Å². The summed E-state index contributed by atoms with van der Waals surface area (Å²) in [6, 6.07) is 5.68. The Morgan fingerprint density at radius 1 is 1.26 bits per heavy atom. The van der Waals surface area contributed by atoms with E-state index in [1.165, 1.54) is 0 Å². The van der Waals surface area contributed by atoms with Crippen molar-refractivity contribution in [3.05, 3.63) is 23.8 Å². The van der Waals surface area contributed by atoms with E-state index in [-0.39, 0.29) is 11.9 Å². The molecule has 2 atom stereocenters. The van der Waals surface area contributed by atoms with Crippen molar-refractivity contribution in [2.45, 2.75) is 25.0 Å². The largest absolute Gasteiger partial charge is 0.497 e. The molecule has 0 N–H and O–H groups in total. The molecule has 6 nitrogen and oxygen atoms in total. The van der Waals surface area contributed by atoms with Gasteiger partial charge in [-0.3, -0.25) is 4.79 Å². The van der Waals surface area contributed by atoms with Crippen molar-refractivity contribution >= 4 is 5.91 Å². The molecule has 3 rings (SSSR count). The quantitative estimate of drug-likeness (QED) is 0.846. The normalized spacial score (nSPS) is 24.5. The molecule has 0 aliphatic carbocycles. The first-order chi connectivity index (χ1) is 11.2. The summed E-state index contributed by atoms with van der Waals surface area (Å²) >= 11 is 0. The third-order valence-electron chi connectivity index (χ3n) is 4.42. The zero-order valence-electron chi connectivity index (χ0n) is 13.6. The molecule has 2 aliphatic rings. The fourth-order valence-corrected chi connectivity index (χ4v) is 3.27. The number of hydrogen-bond acceptors (Lipinski definition) is 5. The van der Waals surface area contributed by atoms with Gasteiger partial charge in [0.1, 0.15) is 11.5 Å². The van der Waals surface area contributed by atoms with Crippen LogP contribution in [0.1, 0.15) is 24.4 Å². The summed E-state index contributed by atoms with van der Waals surface area (Å²) < 4.78 is 21.7. The lowest BCUT2D eigenvalue weighted by atomic mass is 10.0. The molecule has 0 unspecified atom stereocenters. The van der Waals surface area contributed by atoms with Crippen molar-refractivity contribution in [3.8, 4) is 11.5 Å². The van der Waals surface area contributed by atoms with Gasteiger partial charge in [-0.2, -0.15) is 0 Å². The van der Waals surface area contributed by atoms with Gasteiger partial charge in [0.15, 0.2) is 6.10 Å². The maximum absolute atomic E-state index is 12.8. The van der Waals surface area contributed by atoms with Crippen molar-refractivity contribution in [3.63, 3.8) is 0 Å². The molecule has 2 saturated heterocycles. The van der Waals surface area contributed by atoms with Gasteiger partial charge < -0.3 is 23.8 Å². The average Bonchev–Trinajstić information content (AvgIpc) is 3.10. The highest BCUT2D eigenvalue weighted by molar-refractivity contribution is 5.82. The van der Waals surface area contributed by atoms with Crippen LogP contribution in [0.5, 0.6) is 11.5 Å². The number of benzene rings is 1. The molecule has 0 radical (unpaired) electrons. The molecule has 23 heavy (non-hydrogen) atoms. The van der Waals surface area contributed by atoms with Gasteiger partial charge in [-0.25, -0.2) is 0 Å². The Hall–Kier alpha value is -1.79. The second-order valence-electron chi connectivity index (χ2n) is 5.73. The number of ether oxygens (including phenoxy) is 4. The van der Waals surface area contributed by atoms with Crippen LogP contribution in [-0.4, -0.2) is 57.5 Å². The molecule has 2 aliphatic heterocycles. The number of amides is 1. The second kappa shape index (κ2) is 7.19. The van der Waals surface area contributed by atoms with Crippen LogP contribution in [-0.2, 0) is 14.3 Å². The lowest BCUT2D eigenvalue weighted by Crippen LogP contribution is -2.45. The van der Waals surface area contributed by atoms with Gasteiger partial charge in [-0.1, -0.05) is 0 Å². The smallest absolute Gasteiger partial charge is 0.254 e. The van der Waals surface area contributed by atoms with Crippen LogP contribution in [0.2, 0.25) is 0 Å². The zero-order chi connectivity index (χ0) is 16.2. The molecule has 1 amide bonds. The zero-order valence-corrected chi connectivity index (χ0v) is 13.6. The Kier molecular flexibility index (Phi) is 5.03. The topological polar surface area (TPSA) is 57.2 Å². The van der Waals surface area contributed by atoms with Gasteiger partial charge in [0, 0.05) is 12.1 Å². The first kappa shape index (κ1) is 16.1. The van der Waals surface area contributed by atoms with Crippen LogP contribution >= 0.6 is 0 Å². The van der Waals surface area contributed by atoms with Crippen molar-refractivity contribution < 1.29 is 23.7 Å². The Morgan fingerprint density at radius 2 is 2.13 bits per heavy atom. The molecule has 6 heteroatoms. The highest BCUT2D eigenvalue weighted by Gasteiger charge is 2.36. The van der Waals surface area contributed by atoms with Crippen LogP contribution in [0, 0.1) is 0 Å². The van der Waals surface area contributed by atoms with E-state index in [9.17, 15) is 4.79 Å². The summed E-state index contributed by atoms with van der Waals surface area (Å²) in [6.07, 6.45) is 1.37. The summed E-state index contributed by atoms with van der Waals surface area (Å²) in [5, 5.41) is 0. The van der Waals surface area contributed by atoms with Crippen molar-refractivity contribution in [1.29, 1.82) is 0 Å². The van der Waals surface area contributed by atoms with Gasteiger partial charge in [0.25, 0.3) is 5.91 Å². The van der Waals surface area contributed by atoms with Crippen LogP contribution in [0.4, 0.5) is 0 Å². The standard InChI is InChI=1S/C17H23NO5/c1-20-12-5-6-15(21-2)13(10-12)14-4-3-7-18(14)17(19)16-11-22-8-9-23-16/h5-6,10,14,16H,3-4,7-9,11H2,1-2H3/t14-,16-/m0/s1. The second-order valence-corrected chi connectivity index (χ2v) is 5.73. The maximum Gasteiger partial charge on any atom is 0.254 e. The third-order valence-corrected chi connectivity index (χ3v) is 4.42. The number of likely N-dealkylation sites (tertiary alicyclic amines) is 1. The fraction of sp³-hybridized carbons (Fsp3) is 0.588. The predicted octanol–water partition coefficient (Wildman–Crippen LogP) is 1.78. The molecule has 0 bridgehead atoms. The number of carbonyl (C=O) groups is 1. The Bertz CT molecular complexity index is 556. The number of methoxy groups -OCH3 is 2. The molecule has 0 aromatic heterocycles. The SMILES string of the molecule is COc1ccc(OC)c([C@@H]2CCCN2C(=O)[C@@H]2COCCO2)c1. The Morgan fingerprint density at radius 3 is 2.83 bits per heavy atom. The van der Waals surface area contributed by atoms with Crippen LogP contribution in [0.15, 0.2) is 18.2 Å². The Balaban J connectivity index is 1.84. The van der Waals surface area contributed by atoms with Crippen LogP contribution in [0.3, 0.4) is 0 Å². The van der Waals surface area contributed by atoms with Crippen molar-refractivity contribution in [2.75, 3.05) is 40.6 Å². The van der Waals surface area contributed by atoms with E-state index < -0.39 is 6.10 Å². The summed E-state index contributed by atoms with van der Waals surface area (Å²) in [5.74, 6) is 1.53. The van der Waals surface area contributed by atoms with Gasteiger partial charge in [-0.05, 0) is 31.0 Å². The predicted molar refractivity (Wildman–Crippen MR) is 83.8 cm³/mol. The summed E-state index contributed by atoms with van der Waals surface area (Å²) in [5.41, 5.74) is 0.981. The van der Waals surface area contributed by atoms with Gasteiger partial charge in [0.05, 0.1) is 40.1 Å². The number of carbonyl (C=O) groups excluding carboxylic acids is 1. The monoisotopic (exact) mass is 321 g/mol. The minimum atomic E-state index is -0.499. The minimum Gasteiger partial charge on any atom is -0.497 e. The maximum atomic E-state index is 12.8. The summed E-state index contributed by atoms with van der Waals surface area (Å²) in [7, 11) is 3.28. The number of rotatable bonds is 4. The first-order valence-corrected chi connectivity index (χ1v) is 7.96. The molecular formula is C17H23NO5.